The smallest absolute Gasteiger partial charge is 0.231 e. The zero-order chi connectivity index (χ0) is 5.86. The van der Waals surface area contributed by atoms with Crippen LogP contribution in [0.25, 0.3) is 0 Å². The average Bonchev–Trinajstić information content (AvgIpc) is 1.27. The number of rotatable bonds is 2. The first-order valence-electron chi connectivity index (χ1n) is 1.56. The predicted octanol–water partition coefficient (Wildman–Crippen LogP) is -1.84. The van der Waals surface area contributed by atoms with Gasteiger partial charge in [-0.15, -0.1) is 0 Å². The molecule has 0 aromatic carbocycles. The van der Waals surface area contributed by atoms with E-state index in [0.29, 0.717) is 6.42 Å². The molecule has 0 bridgehead atoms. The lowest BCUT2D eigenvalue weighted by molar-refractivity contribution is -0.120. The highest BCUT2D eigenvalue weighted by molar-refractivity contribution is 6.06. The van der Waals surface area contributed by atoms with E-state index < -0.39 is 11.8 Å². The second-order valence-electron chi connectivity index (χ2n) is 0.949. The molecule has 0 unspecified atom stereocenters. The van der Waals surface area contributed by atoms with Gasteiger partial charge in [0.05, 0.1) is 0 Å². The third-order valence-electron chi connectivity index (χ3n) is 0.285. The van der Waals surface area contributed by atoms with E-state index in [-0.39, 0.29) is 0 Å². The summed E-state index contributed by atoms with van der Waals surface area (Å²) < 4.78 is 0. The topological polar surface area (TPSA) is 86.2 Å². The number of amides is 2. The summed E-state index contributed by atoms with van der Waals surface area (Å²) in [6.07, 6.45) is 0.611. The molecule has 0 spiro atoms. The van der Waals surface area contributed by atoms with Gasteiger partial charge >= 0.3 is 0 Å². The van der Waals surface area contributed by atoms with Crippen LogP contribution < -0.4 is 11.5 Å². The largest absolute Gasteiger partial charge is 0.369 e. The predicted molar refractivity (Wildman–Crippen MR) is 22.7 cm³/mol. The molecule has 2 amide bonds. The van der Waals surface area contributed by atoms with Crippen LogP contribution in [-0.4, -0.2) is 11.8 Å². The first-order valence-corrected chi connectivity index (χ1v) is 1.56. The Morgan fingerprint density at radius 3 is 1.43 bits per heavy atom. The summed E-state index contributed by atoms with van der Waals surface area (Å²) in [4.78, 5) is 19.4. The maximum absolute atomic E-state index is 9.68. The van der Waals surface area contributed by atoms with Crippen LogP contribution in [0.2, 0.25) is 0 Å². The Balaban J connectivity index is 3.32. The Morgan fingerprint density at radius 2 is 1.43 bits per heavy atom. The third kappa shape index (κ3) is 4.94. The zero-order valence-corrected chi connectivity index (χ0v) is 3.55. The molecule has 0 rings (SSSR count). The highest BCUT2D eigenvalue weighted by Gasteiger charge is 1.97. The van der Waals surface area contributed by atoms with Crippen LogP contribution in [0.1, 0.15) is 0 Å². The molecule has 0 atom stereocenters. The van der Waals surface area contributed by atoms with Gasteiger partial charge in [0, 0.05) is 0 Å². The summed E-state index contributed by atoms with van der Waals surface area (Å²) in [6, 6.07) is 0. The molecule has 0 fully saturated rings. The summed E-state index contributed by atoms with van der Waals surface area (Å²) in [7, 11) is 0. The highest BCUT2D eigenvalue weighted by atomic mass is 16.2. The van der Waals surface area contributed by atoms with E-state index in [2.05, 4.69) is 11.5 Å². The summed E-state index contributed by atoms with van der Waals surface area (Å²) in [5, 5.41) is 0. The molecule has 7 heavy (non-hydrogen) atoms. The monoisotopic (exact) mass is 101 g/mol. The molecule has 0 heterocycles. The van der Waals surface area contributed by atoms with Crippen molar-refractivity contribution in [3.63, 3.8) is 0 Å². The Hall–Kier alpha value is -1.06. The minimum Gasteiger partial charge on any atom is -0.369 e. The fraction of sp³-hybridized carbons (Fsp3) is 0. The first-order chi connectivity index (χ1) is 3.13. The molecule has 4 heteroatoms. The summed E-state index contributed by atoms with van der Waals surface area (Å²) in [5.41, 5.74) is 9.00. The molecule has 4 N–H and O–H groups in total. The van der Waals surface area contributed by atoms with Crippen LogP contribution in [0.5, 0.6) is 0 Å². The second kappa shape index (κ2) is 2.17. The highest BCUT2D eigenvalue weighted by Crippen LogP contribution is 1.65. The van der Waals surface area contributed by atoms with Crippen LogP contribution >= 0.6 is 0 Å². The van der Waals surface area contributed by atoms with E-state index in [4.69, 9.17) is 0 Å². The summed E-state index contributed by atoms with van der Waals surface area (Å²) in [6.45, 7) is 0. The standard InChI is InChI=1S/C3H5N2O2/c4-2(6)1-3(5)7/h1H,(H2,4,6)(H2,5,7). The van der Waals surface area contributed by atoms with Crippen LogP contribution in [-0.2, 0) is 9.59 Å². The van der Waals surface area contributed by atoms with E-state index in [0.717, 1.165) is 0 Å². The lowest BCUT2D eigenvalue weighted by Crippen LogP contribution is -2.22. The van der Waals surface area contributed by atoms with Gasteiger partial charge in [-0.1, -0.05) is 0 Å². The molecule has 1 radical (unpaired) electrons. The summed E-state index contributed by atoms with van der Waals surface area (Å²) in [5.74, 6) is -1.62. The molecule has 0 aromatic rings. The maximum atomic E-state index is 9.68. The minimum atomic E-state index is -0.812. The molecule has 0 saturated carbocycles. The van der Waals surface area contributed by atoms with Crippen molar-refractivity contribution in [1.29, 1.82) is 0 Å². The van der Waals surface area contributed by atoms with E-state index in [9.17, 15) is 9.59 Å². The van der Waals surface area contributed by atoms with E-state index in [1.807, 2.05) is 0 Å². The normalized spacial score (nSPS) is 8.00. The van der Waals surface area contributed by atoms with Crippen molar-refractivity contribution in [1.82, 2.24) is 0 Å². The van der Waals surface area contributed by atoms with Crippen molar-refractivity contribution in [2.45, 2.75) is 0 Å². The van der Waals surface area contributed by atoms with Gasteiger partial charge < -0.3 is 11.5 Å². The molecular formula is C3H5N2O2. The van der Waals surface area contributed by atoms with Crippen LogP contribution in [0, 0.1) is 6.42 Å². The molecule has 0 saturated heterocycles. The number of nitrogens with two attached hydrogens (primary N) is 2. The lowest BCUT2D eigenvalue weighted by atomic mass is 10.4. The van der Waals surface area contributed by atoms with Crippen molar-refractivity contribution in [3.8, 4) is 0 Å². The first kappa shape index (κ1) is 5.94. The van der Waals surface area contributed by atoms with Gasteiger partial charge in [0.15, 0.2) is 0 Å². The minimum absolute atomic E-state index is 0.611. The molecule has 0 aliphatic rings. The van der Waals surface area contributed by atoms with Crippen molar-refractivity contribution in [3.05, 3.63) is 6.42 Å². The Morgan fingerprint density at radius 1 is 1.14 bits per heavy atom. The lowest BCUT2D eigenvalue weighted by Gasteiger charge is -1.81. The number of hydrogen-bond donors (Lipinski definition) is 2. The Bertz CT molecular complexity index is 87.1. The van der Waals surface area contributed by atoms with E-state index in [1.165, 1.54) is 0 Å². The second-order valence-corrected chi connectivity index (χ2v) is 0.949. The van der Waals surface area contributed by atoms with Crippen molar-refractivity contribution >= 4 is 11.8 Å². The fourth-order valence-electron chi connectivity index (χ4n) is 0.140. The van der Waals surface area contributed by atoms with Crippen LogP contribution in [0.4, 0.5) is 0 Å². The van der Waals surface area contributed by atoms with Gasteiger partial charge in [-0.25, -0.2) is 0 Å². The Labute approximate surface area is 40.5 Å². The van der Waals surface area contributed by atoms with Gasteiger partial charge in [-0.3, -0.25) is 9.59 Å². The van der Waals surface area contributed by atoms with Crippen LogP contribution in [0.3, 0.4) is 0 Å². The molecule has 0 aromatic heterocycles. The van der Waals surface area contributed by atoms with Crippen molar-refractivity contribution in [2.75, 3.05) is 0 Å². The number of carbonyl (C=O) groups is 2. The van der Waals surface area contributed by atoms with Gasteiger partial charge in [-0.2, -0.15) is 0 Å². The van der Waals surface area contributed by atoms with Gasteiger partial charge in [-0.05, 0) is 0 Å². The fourth-order valence-corrected chi connectivity index (χ4v) is 0.140. The van der Waals surface area contributed by atoms with Gasteiger partial charge in [0.1, 0.15) is 6.42 Å². The zero-order valence-electron chi connectivity index (χ0n) is 3.55. The number of hydrogen-bond acceptors (Lipinski definition) is 2. The third-order valence-corrected chi connectivity index (χ3v) is 0.285. The Kier molecular flexibility index (Phi) is 1.84. The van der Waals surface area contributed by atoms with Gasteiger partial charge in [0.25, 0.3) is 0 Å². The van der Waals surface area contributed by atoms with Crippen molar-refractivity contribution in [2.24, 2.45) is 11.5 Å². The average molecular weight is 101 g/mol. The quantitative estimate of drug-likeness (QED) is 0.400. The number of carbonyl (C=O) groups excluding carboxylic acids is 2. The molecule has 4 nitrogen and oxygen atoms in total. The molecule has 0 aliphatic carbocycles. The SMILES string of the molecule is NC(=O)[CH]C(N)=O. The van der Waals surface area contributed by atoms with E-state index >= 15 is 0 Å². The maximum Gasteiger partial charge on any atom is 0.231 e. The van der Waals surface area contributed by atoms with Gasteiger partial charge in [0.2, 0.25) is 11.8 Å². The molecule has 39 valence electrons. The summed E-state index contributed by atoms with van der Waals surface area (Å²) >= 11 is 0. The molecule has 0 aliphatic heterocycles. The molecular weight excluding hydrogens is 96.0 g/mol. The van der Waals surface area contributed by atoms with Crippen molar-refractivity contribution < 1.29 is 9.59 Å². The number of primary amides is 2. The van der Waals surface area contributed by atoms with Crippen LogP contribution in [0.15, 0.2) is 0 Å². The van der Waals surface area contributed by atoms with E-state index in [1.54, 1.807) is 0 Å².